The van der Waals surface area contributed by atoms with E-state index in [4.69, 9.17) is 10.5 Å². The zero-order valence-electron chi connectivity index (χ0n) is 11.5. The molecule has 0 amide bonds. The second-order valence-corrected chi connectivity index (χ2v) is 6.83. The van der Waals surface area contributed by atoms with E-state index in [9.17, 15) is 8.42 Å². The number of ether oxygens (including phenoxy) is 1. The number of aryl methyl sites for hydroxylation is 2. The van der Waals surface area contributed by atoms with E-state index in [2.05, 4.69) is 0 Å². The Morgan fingerprint density at radius 3 is 2.53 bits per heavy atom. The standard InChI is InChI=1S/C13H20N2O3S/c1-9-4-5-10(2)13(12(9)14)19(16,17)15-7-6-11(8-15)18-3/h4-5,11H,6-8,14H2,1-3H3. The van der Waals surface area contributed by atoms with Crippen molar-refractivity contribution < 1.29 is 13.2 Å². The van der Waals surface area contributed by atoms with Crippen LogP contribution < -0.4 is 5.73 Å². The van der Waals surface area contributed by atoms with Gasteiger partial charge < -0.3 is 10.5 Å². The minimum atomic E-state index is -3.54. The summed E-state index contributed by atoms with van der Waals surface area (Å²) >= 11 is 0. The first-order valence-electron chi connectivity index (χ1n) is 6.26. The van der Waals surface area contributed by atoms with Crippen molar-refractivity contribution in [2.75, 3.05) is 25.9 Å². The highest BCUT2D eigenvalue weighted by molar-refractivity contribution is 7.89. The molecule has 0 aliphatic carbocycles. The van der Waals surface area contributed by atoms with Crippen molar-refractivity contribution in [2.24, 2.45) is 0 Å². The molecular weight excluding hydrogens is 264 g/mol. The van der Waals surface area contributed by atoms with Crippen LogP contribution in [-0.4, -0.2) is 39.0 Å². The van der Waals surface area contributed by atoms with E-state index in [0.29, 0.717) is 24.3 Å². The summed E-state index contributed by atoms with van der Waals surface area (Å²) in [5.74, 6) is 0. The highest BCUT2D eigenvalue weighted by Crippen LogP contribution is 2.30. The quantitative estimate of drug-likeness (QED) is 0.849. The van der Waals surface area contributed by atoms with Crippen LogP contribution in [0.5, 0.6) is 0 Å². The van der Waals surface area contributed by atoms with Gasteiger partial charge in [0.25, 0.3) is 0 Å². The van der Waals surface area contributed by atoms with Gasteiger partial charge in [0.05, 0.1) is 11.8 Å². The summed E-state index contributed by atoms with van der Waals surface area (Å²) in [6, 6.07) is 3.63. The van der Waals surface area contributed by atoms with E-state index in [1.165, 1.54) is 4.31 Å². The van der Waals surface area contributed by atoms with Crippen LogP contribution in [0.1, 0.15) is 17.5 Å². The fraction of sp³-hybridized carbons (Fsp3) is 0.538. The molecule has 0 radical (unpaired) electrons. The number of nitrogens with zero attached hydrogens (tertiary/aromatic N) is 1. The Bertz CT molecular complexity index is 584. The fourth-order valence-corrected chi connectivity index (χ4v) is 4.27. The number of hydrogen-bond donors (Lipinski definition) is 1. The Labute approximate surface area is 114 Å². The maximum absolute atomic E-state index is 12.7. The highest BCUT2D eigenvalue weighted by atomic mass is 32.2. The molecule has 0 bridgehead atoms. The minimum absolute atomic E-state index is 0.0267. The lowest BCUT2D eigenvalue weighted by atomic mass is 10.1. The minimum Gasteiger partial charge on any atom is -0.397 e. The number of benzene rings is 1. The molecule has 0 spiro atoms. The molecule has 1 aromatic rings. The van der Waals surface area contributed by atoms with Crippen molar-refractivity contribution >= 4 is 15.7 Å². The van der Waals surface area contributed by atoms with E-state index < -0.39 is 10.0 Å². The second kappa shape index (κ2) is 5.11. The number of anilines is 1. The Kier molecular flexibility index (Phi) is 3.85. The van der Waals surface area contributed by atoms with Crippen LogP contribution in [0, 0.1) is 13.8 Å². The Morgan fingerprint density at radius 1 is 1.32 bits per heavy atom. The molecule has 1 fully saturated rings. The third-order valence-corrected chi connectivity index (χ3v) is 5.72. The van der Waals surface area contributed by atoms with Crippen molar-refractivity contribution in [1.29, 1.82) is 0 Å². The highest BCUT2D eigenvalue weighted by Gasteiger charge is 2.34. The van der Waals surface area contributed by atoms with Gasteiger partial charge in [-0.1, -0.05) is 12.1 Å². The predicted molar refractivity (Wildman–Crippen MR) is 74.5 cm³/mol. The molecular formula is C13H20N2O3S. The summed E-state index contributed by atoms with van der Waals surface area (Å²) in [4.78, 5) is 0.240. The largest absolute Gasteiger partial charge is 0.397 e. The molecule has 0 aromatic heterocycles. The van der Waals surface area contributed by atoms with Crippen LogP contribution >= 0.6 is 0 Å². The smallest absolute Gasteiger partial charge is 0.245 e. The van der Waals surface area contributed by atoms with Crippen LogP contribution in [0.25, 0.3) is 0 Å². The summed E-state index contributed by atoms with van der Waals surface area (Å²) in [6.45, 7) is 4.46. The summed E-state index contributed by atoms with van der Waals surface area (Å²) in [6.07, 6.45) is 0.696. The fourth-order valence-electron chi connectivity index (χ4n) is 2.39. The van der Waals surface area contributed by atoms with Gasteiger partial charge in [-0.25, -0.2) is 8.42 Å². The van der Waals surface area contributed by atoms with Gasteiger partial charge in [-0.15, -0.1) is 0 Å². The molecule has 1 heterocycles. The third-order valence-electron chi connectivity index (χ3n) is 3.65. The lowest BCUT2D eigenvalue weighted by molar-refractivity contribution is 0.115. The van der Waals surface area contributed by atoms with Gasteiger partial charge in [-0.2, -0.15) is 4.31 Å². The molecule has 1 atom stereocenters. The monoisotopic (exact) mass is 284 g/mol. The number of hydrogen-bond acceptors (Lipinski definition) is 4. The van der Waals surface area contributed by atoms with Crippen LogP contribution in [0.2, 0.25) is 0 Å². The first kappa shape index (κ1) is 14.3. The van der Waals surface area contributed by atoms with E-state index in [-0.39, 0.29) is 11.0 Å². The molecule has 6 heteroatoms. The van der Waals surface area contributed by atoms with E-state index in [1.807, 2.05) is 13.0 Å². The number of rotatable bonds is 3. The van der Waals surface area contributed by atoms with Gasteiger partial charge >= 0.3 is 0 Å². The molecule has 2 N–H and O–H groups in total. The topological polar surface area (TPSA) is 72.6 Å². The van der Waals surface area contributed by atoms with E-state index >= 15 is 0 Å². The van der Waals surface area contributed by atoms with Crippen LogP contribution in [0.15, 0.2) is 17.0 Å². The number of sulfonamides is 1. The van der Waals surface area contributed by atoms with Crippen molar-refractivity contribution in [3.8, 4) is 0 Å². The van der Waals surface area contributed by atoms with Gasteiger partial charge in [-0.3, -0.25) is 0 Å². The third kappa shape index (κ3) is 2.48. The SMILES string of the molecule is COC1CCN(S(=O)(=O)c2c(C)ccc(C)c2N)C1. The van der Waals surface area contributed by atoms with E-state index in [1.54, 1.807) is 20.1 Å². The maximum Gasteiger partial charge on any atom is 0.245 e. The van der Waals surface area contributed by atoms with Gasteiger partial charge in [0.15, 0.2) is 0 Å². The molecule has 1 aliphatic heterocycles. The van der Waals surface area contributed by atoms with Gasteiger partial charge in [0.2, 0.25) is 10.0 Å². The first-order chi connectivity index (χ1) is 8.87. The predicted octanol–water partition coefficient (Wildman–Crippen LogP) is 1.30. The molecule has 5 nitrogen and oxygen atoms in total. The number of nitrogen functional groups attached to an aromatic ring is 1. The number of methoxy groups -OCH3 is 1. The van der Waals surface area contributed by atoms with Crippen molar-refractivity contribution in [2.45, 2.75) is 31.3 Å². The Morgan fingerprint density at radius 2 is 1.95 bits per heavy atom. The molecule has 1 unspecified atom stereocenters. The molecule has 1 aliphatic rings. The molecule has 1 saturated heterocycles. The van der Waals surface area contributed by atoms with Crippen molar-refractivity contribution in [3.63, 3.8) is 0 Å². The average molecular weight is 284 g/mol. The molecule has 106 valence electrons. The number of nitrogens with two attached hydrogens (primary N) is 1. The molecule has 1 aromatic carbocycles. The maximum atomic E-state index is 12.7. The van der Waals surface area contributed by atoms with Crippen molar-refractivity contribution in [3.05, 3.63) is 23.3 Å². The lowest BCUT2D eigenvalue weighted by Gasteiger charge is -2.20. The summed E-state index contributed by atoms with van der Waals surface area (Å²) < 4.78 is 32.0. The van der Waals surface area contributed by atoms with E-state index in [0.717, 1.165) is 12.0 Å². The summed E-state index contributed by atoms with van der Waals surface area (Å²) in [5.41, 5.74) is 7.78. The van der Waals surface area contributed by atoms with Gasteiger partial charge in [0.1, 0.15) is 4.90 Å². The van der Waals surface area contributed by atoms with Gasteiger partial charge in [0, 0.05) is 20.2 Å². The normalized spacial score (nSPS) is 20.9. The lowest BCUT2D eigenvalue weighted by Crippen LogP contribution is -2.31. The Hall–Kier alpha value is -1.11. The molecule has 2 rings (SSSR count). The average Bonchev–Trinajstić information content (AvgIpc) is 2.83. The van der Waals surface area contributed by atoms with Crippen LogP contribution in [0.4, 0.5) is 5.69 Å². The zero-order valence-corrected chi connectivity index (χ0v) is 12.3. The van der Waals surface area contributed by atoms with Gasteiger partial charge in [-0.05, 0) is 31.4 Å². The summed E-state index contributed by atoms with van der Waals surface area (Å²) in [7, 11) is -1.93. The second-order valence-electron chi connectivity index (χ2n) is 4.95. The summed E-state index contributed by atoms with van der Waals surface area (Å²) in [5, 5.41) is 0. The van der Waals surface area contributed by atoms with Crippen LogP contribution in [-0.2, 0) is 14.8 Å². The Balaban J connectivity index is 2.44. The van der Waals surface area contributed by atoms with Crippen molar-refractivity contribution in [1.82, 2.24) is 4.31 Å². The first-order valence-corrected chi connectivity index (χ1v) is 7.70. The molecule has 0 saturated carbocycles. The van der Waals surface area contributed by atoms with Crippen LogP contribution in [0.3, 0.4) is 0 Å². The molecule has 19 heavy (non-hydrogen) atoms. The zero-order chi connectivity index (χ0) is 14.2.